The van der Waals surface area contributed by atoms with E-state index < -0.39 is 5.91 Å². The minimum absolute atomic E-state index is 0.0743. The van der Waals surface area contributed by atoms with Crippen molar-refractivity contribution in [2.24, 2.45) is 0 Å². The fourth-order valence-corrected chi connectivity index (χ4v) is 2.93. The van der Waals surface area contributed by atoms with E-state index in [2.05, 4.69) is 26.6 Å². The molecular weight excluding hydrogens is 442 g/mol. The Balaban J connectivity index is 2.12. The van der Waals surface area contributed by atoms with E-state index in [4.69, 9.17) is 17.0 Å². The Morgan fingerprint density at radius 2 is 1.86 bits per heavy atom. The molecular formula is C20H22BrN3O3S. The highest BCUT2D eigenvalue weighted by molar-refractivity contribution is 9.10. The molecule has 0 saturated heterocycles. The number of carbonyl (C=O) groups excluding carboxylic acids is 2. The molecule has 0 heterocycles. The van der Waals surface area contributed by atoms with Gasteiger partial charge in [0.25, 0.3) is 11.8 Å². The van der Waals surface area contributed by atoms with Gasteiger partial charge in [-0.25, -0.2) is 0 Å². The van der Waals surface area contributed by atoms with E-state index in [0.29, 0.717) is 22.6 Å². The fraction of sp³-hybridized carbons (Fsp3) is 0.250. The second kappa shape index (κ2) is 9.66. The first-order valence-electron chi connectivity index (χ1n) is 8.57. The highest BCUT2D eigenvalue weighted by atomic mass is 79.9. The van der Waals surface area contributed by atoms with Gasteiger partial charge in [0.05, 0.1) is 11.7 Å². The molecule has 8 heteroatoms. The molecule has 2 aromatic rings. The minimum atomic E-state index is -0.394. The first kappa shape index (κ1) is 21.8. The van der Waals surface area contributed by atoms with Crippen LogP contribution >= 0.6 is 28.1 Å². The molecule has 0 aliphatic heterocycles. The molecule has 0 aliphatic carbocycles. The average Bonchev–Trinajstić information content (AvgIpc) is 2.62. The summed E-state index contributed by atoms with van der Waals surface area (Å²) in [4.78, 5) is 26.2. The highest BCUT2D eigenvalue weighted by Gasteiger charge is 2.16. The number of rotatable bonds is 5. The average molecular weight is 464 g/mol. The SMILES string of the molecule is CC(C)Oc1ccc(Br)cc1C(=O)NC(=S)Nc1cccc(C(=O)N(C)C)c1. The standard InChI is InChI=1S/C20H22BrN3O3S/c1-12(2)27-17-9-8-14(21)11-16(17)18(25)23-20(28)22-15-7-5-6-13(10-15)19(26)24(3)4/h5-12H,1-4H3,(H2,22,23,25,28). The summed E-state index contributed by atoms with van der Waals surface area (Å²) in [5.74, 6) is -0.0461. The third-order valence-electron chi connectivity index (χ3n) is 3.55. The summed E-state index contributed by atoms with van der Waals surface area (Å²) in [5, 5.41) is 5.69. The van der Waals surface area contributed by atoms with Gasteiger partial charge in [-0.15, -0.1) is 0 Å². The summed E-state index contributed by atoms with van der Waals surface area (Å²) in [6, 6.07) is 12.1. The molecule has 148 valence electrons. The van der Waals surface area contributed by atoms with E-state index in [9.17, 15) is 9.59 Å². The van der Waals surface area contributed by atoms with Gasteiger partial charge in [-0.1, -0.05) is 22.0 Å². The smallest absolute Gasteiger partial charge is 0.261 e. The zero-order chi connectivity index (χ0) is 20.8. The lowest BCUT2D eigenvalue weighted by Gasteiger charge is -2.16. The van der Waals surface area contributed by atoms with Crippen molar-refractivity contribution < 1.29 is 14.3 Å². The number of halogens is 1. The van der Waals surface area contributed by atoms with Crippen molar-refractivity contribution in [1.29, 1.82) is 0 Å². The summed E-state index contributed by atoms with van der Waals surface area (Å²) in [7, 11) is 3.37. The van der Waals surface area contributed by atoms with Gasteiger partial charge in [-0.05, 0) is 62.5 Å². The van der Waals surface area contributed by atoms with Crippen LogP contribution in [0.4, 0.5) is 5.69 Å². The minimum Gasteiger partial charge on any atom is -0.490 e. The lowest BCUT2D eigenvalue weighted by Crippen LogP contribution is -2.34. The van der Waals surface area contributed by atoms with E-state index in [0.717, 1.165) is 4.47 Å². The van der Waals surface area contributed by atoms with Crippen LogP contribution in [0.2, 0.25) is 0 Å². The fourth-order valence-electron chi connectivity index (χ4n) is 2.36. The molecule has 0 saturated carbocycles. The van der Waals surface area contributed by atoms with Crippen molar-refractivity contribution in [3.8, 4) is 5.75 Å². The second-order valence-electron chi connectivity index (χ2n) is 6.50. The number of nitrogens with one attached hydrogen (secondary N) is 2. The van der Waals surface area contributed by atoms with Crippen LogP contribution in [-0.2, 0) is 0 Å². The molecule has 0 aromatic heterocycles. The number of nitrogens with zero attached hydrogens (tertiary/aromatic N) is 1. The second-order valence-corrected chi connectivity index (χ2v) is 7.82. The van der Waals surface area contributed by atoms with Gasteiger partial charge in [-0.2, -0.15) is 0 Å². The van der Waals surface area contributed by atoms with Gasteiger partial charge in [0.15, 0.2) is 5.11 Å². The van der Waals surface area contributed by atoms with Gasteiger partial charge < -0.3 is 15.0 Å². The zero-order valence-corrected chi connectivity index (χ0v) is 18.5. The number of benzene rings is 2. The molecule has 0 aliphatic rings. The Morgan fingerprint density at radius 3 is 2.50 bits per heavy atom. The van der Waals surface area contributed by atoms with E-state index in [1.54, 1.807) is 56.6 Å². The van der Waals surface area contributed by atoms with Crippen LogP contribution in [0.5, 0.6) is 5.75 Å². The van der Waals surface area contributed by atoms with Crippen molar-refractivity contribution in [2.75, 3.05) is 19.4 Å². The molecule has 28 heavy (non-hydrogen) atoms. The lowest BCUT2D eigenvalue weighted by molar-refractivity contribution is 0.0827. The molecule has 0 spiro atoms. The van der Waals surface area contributed by atoms with Crippen molar-refractivity contribution in [3.05, 3.63) is 58.1 Å². The summed E-state index contributed by atoms with van der Waals surface area (Å²) in [5.41, 5.74) is 1.48. The monoisotopic (exact) mass is 463 g/mol. The number of amides is 2. The molecule has 0 bridgehead atoms. The maximum Gasteiger partial charge on any atom is 0.261 e. The summed E-state index contributed by atoms with van der Waals surface area (Å²) in [6.45, 7) is 3.77. The van der Waals surface area contributed by atoms with E-state index >= 15 is 0 Å². The summed E-state index contributed by atoms with van der Waals surface area (Å²) in [6.07, 6.45) is -0.0743. The van der Waals surface area contributed by atoms with Crippen molar-refractivity contribution >= 4 is 50.8 Å². The van der Waals surface area contributed by atoms with Crippen LogP contribution in [-0.4, -0.2) is 42.0 Å². The van der Waals surface area contributed by atoms with Gasteiger partial charge in [0.1, 0.15) is 5.75 Å². The number of carbonyl (C=O) groups is 2. The predicted molar refractivity (Wildman–Crippen MR) is 118 cm³/mol. The van der Waals surface area contributed by atoms with Crippen molar-refractivity contribution in [2.45, 2.75) is 20.0 Å². The van der Waals surface area contributed by atoms with Crippen LogP contribution in [0.15, 0.2) is 46.9 Å². The van der Waals surface area contributed by atoms with E-state index in [1.165, 1.54) is 4.90 Å². The van der Waals surface area contributed by atoms with Crippen LogP contribution in [0.3, 0.4) is 0 Å². The molecule has 0 atom stereocenters. The van der Waals surface area contributed by atoms with Crippen LogP contribution < -0.4 is 15.4 Å². The quantitative estimate of drug-likeness (QED) is 0.654. The molecule has 2 aromatic carbocycles. The molecule has 2 N–H and O–H groups in total. The van der Waals surface area contributed by atoms with Crippen LogP contribution in [0, 0.1) is 0 Å². The maximum atomic E-state index is 12.7. The third kappa shape index (κ3) is 6.03. The van der Waals surface area contributed by atoms with Gasteiger partial charge >= 0.3 is 0 Å². The van der Waals surface area contributed by atoms with Crippen LogP contribution in [0.25, 0.3) is 0 Å². The molecule has 2 rings (SSSR count). The molecule has 6 nitrogen and oxygen atoms in total. The summed E-state index contributed by atoms with van der Waals surface area (Å²) >= 11 is 8.61. The number of thiocarbonyl (C=S) groups is 1. The summed E-state index contributed by atoms with van der Waals surface area (Å²) < 4.78 is 6.45. The van der Waals surface area contributed by atoms with Crippen molar-refractivity contribution in [1.82, 2.24) is 10.2 Å². The van der Waals surface area contributed by atoms with E-state index in [-0.39, 0.29) is 17.1 Å². The van der Waals surface area contributed by atoms with Gasteiger partial charge in [0.2, 0.25) is 0 Å². The predicted octanol–water partition coefficient (Wildman–Crippen LogP) is 4.06. The molecule has 2 amide bonds. The first-order valence-corrected chi connectivity index (χ1v) is 9.77. The topological polar surface area (TPSA) is 70.7 Å². The Labute approximate surface area is 178 Å². The van der Waals surface area contributed by atoms with Gasteiger partial charge in [0, 0.05) is 29.8 Å². The number of hydrogen-bond donors (Lipinski definition) is 2. The first-order chi connectivity index (χ1) is 13.2. The normalized spacial score (nSPS) is 10.4. The maximum absolute atomic E-state index is 12.7. The third-order valence-corrected chi connectivity index (χ3v) is 4.25. The zero-order valence-electron chi connectivity index (χ0n) is 16.1. The Kier molecular flexibility index (Phi) is 7.53. The van der Waals surface area contributed by atoms with Gasteiger partial charge in [-0.3, -0.25) is 14.9 Å². The molecule has 0 radical (unpaired) electrons. The van der Waals surface area contributed by atoms with Crippen LogP contribution in [0.1, 0.15) is 34.6 Å². The Bertz CT molecular complexity index is 900. The number of hydrogen-bond acceptors (Lipinski definition) is 4. The lowest BCUT2D eigenvalue weighted by atomic mass is 10.2. The molecule has 0 unspecified atom stereocenters. The largest absolute Gasteiger partial charge is 0.490 e. The number of anilines is 1. The number of ether oxygens (including phenoxy) is 1. The van der Waals surface area contributed by atoms with E-state index in [1.807, 2.05) is 13.8 Å². The van der Waals surface area contributed by atoms with Crippen molar-refractivity contribution in [3.63, 3.8) is 0 Å². The molecule has 0 fully saturated rings. The Hall–Kier alpha value is -2.45. The highest BCUT2D eigenvalue weighted by Crippen LogP contribution is 2.24. The Morgan fingerprint density at radius 1 is 1.14 bits per heavy atom.